The van der Waals surface area contributed by atoms with Gasteiger partial charge in [0.15, 0.2) is 0 Å². The molecule has 3 N–H and O–H groups in total. The molecule has 0 amide bonds. The number of aliphatic hydroxyl groups excluding tert-OH is 1. The minimum atomic E-state index is -0.576. The minimum absolute atomic E-state index is 0.0661. The Bertz CT molecular complexity index is 584. The van der Waals surface area contributed by atoms with Crippen LogP contribution in [0.5, 0.6) is 11.5 Å². The molecule has 0 spiro atoms. The Morgan fingerprint density at radius 1 is 1.23 bits per heavy atom. The zero-order valence-corrected chi connectivity index (χ0v) is 12.4. The molecule has 2 aliphatic heterocycles. The average molecular weight is 308 g/mol. The van der Waals surface area contributed by atoms with Crippen molar-refractivity contribution in [2.24, 2.45) is 0 Å². The summed E-state index contributed by atoms with van der Waals surface area (Å²) >= 11 is 0. The number of phenols is 2. The molecular formula is C16H20O6. The molecule has 0 aromatic heterocycles. The summed E-state index contributed by atoms with van der Waals surface area (Å²) in [6, 6.07) is 2.62. The highest BCUT2D eigenvalue weighted by Gasteiger charge is 2.34. The summed E-state index contributed by atoms with van der Waals surface area (Å²) in [6.45, 7) is 1.83. The van der Waals surface area contributed by atoms with E-state index in [1.165, 1.54) is 6.07 Å². The zero-order valence-electron chi connectivity index (χ0n) is 12.4. The van der Waals surface area contributed by atoms with E-state index in [0.29, 0.717) is 24.8 Å². The minimum Gasteiger partial charge on any atom is -0.508 e. The van der Waals surface area contributed by atoms with Gasteiger partial charge in [-0.15, -0.1) is 0 Å². The number of hydrogen-bond acceptors (Lipinski definition) is 6. The number of carbonyl (C=O) groups excluding carboxylic acids is 1. The summed E-state index contributed by atoms with van der Waals surface area (Å²) < 4.78 is 11.1. The van der Waals surface area contributed by atoms with E-state index in [1.54, 1.807) is 0 Å². The van der Waals surface area contributed by atoms with Gasteiger partial charge in [0.1, 0.15) is 23.2 Å². The van der Waals surface area contributed by atoms with Crippen LogP contribution < -0.4 is 0 Å². The largest absolute Gasteiger partial charge is 0.508 e. The number of benzene rings is 1. The van der Waals surface area contributed by atoms with E-state index in [1.807, 2.05) is 6.92 Å². The van der Waals surface area contributed by atoms with Crippen molar-refractivity contribution < 1.29 is 29.6 Å². The van der Waals surface area contributed by atoms with E-state index in [0.717, 1.165) is 12.5 Å². The molecule has 1 aromatic carbocycles. The number of hydrogen-bond donors (Lipinski definition) is 3. The summed E-state index contributed by atoms with van der Waals surface area (Å²) in [7, 11) is 0. The second-order valence-electron chi connectivity index (χ2n) is 6.07. The third-order valence-electron chi connectivity index (χ3n) is 4.37. The molecule has 2 aliphatic rings. The molecule has 22 heavy (non-hydrogen) atoms. The second-order valence-corrected chi connectivity index (χ2v) is 6.07. The summed E-state index contributed by atoms with van der Waals surface area (Å²) in [4.78, 5) is 12.0. The Morgan fingerprint density at radius 2 is 2.00 bits per heavy atom. The molecule has 6 nitrogen and oxygen atoms in total. The Hall–Kier alpha value is -1.79. The third kappa shape index (κ3) is 2.89. The van der Waals surface area contributed by atoms with Gasteiger partial charge in [0.2, 0.25) is 0 Å². The Kier molecular flexibility index (Phi) is 3.97. The molecule has 1 saturated heterocycles. The first-order chi connectivity index (χ1) is 10.4. The average Bonchev–Trinajstić information content (AvgIpc) is 2.41. The lowest BCUT2D eigenvalue weighted by Crippen LogP contribution is -2.40. The third-order valence-corrected chi connectivity index (χ3v) is 4.37. The van der Waals surface area contributed by atoms with Gasteiger partial charge in [0.25, 0.3) is 0 Å². The summed E-state index contributed by atoms with van der Waals surface area (Å²) in [5.74, 6) is -0.910. The highest BCUT2D eigenvalue weighted by molar-refractivity contribution is 5.95. The van der Waals surface area contributed by atoms with Crippen molar-refractivity contribution in [3.8, 4) is 11.5 Å². The van der Waals surface area contributed by atoms with Crippen LogP contribution in [0.4, 0.5) is 0 Å². The maximum Gasteiger partial charge on any atom is 0.342 e. The fourth-order valence-corrected chi connectivity index (χ4v) is 3.21. The van der Waals surface area contributed by atoms with E-state index >= 15 is 0 Å². The van der Waals surface area contributed by atoms with Gasteiger partial charge in [0, 0.05) is 18.9 Å². The van der Waals surface area contributed by atoms with Crippen molar-refractivity contribution >= 4 is 5.97 Å². The van der Waals surface area contributed by atoms with Crippen molar-refractivity contribution in [2.45, 2.75) is 57.0 Å². The van der Waals surface area contributed by atoms with Gasteiger partial charge in [-0.2, -0.15) is 0 Å². The number of fused-ring (bicyclic) bond motifs is 1. The molecule has 1 aromatic rings. The predicted molar refractivity (Wildman–Crippen MR) is 76.9 cm³/mol. The first-order valence-corrected chi connectivity index (χ1v) is 7.53. The molecule has 6 heteroatoms. The van der Waals surface area contributed by atoms with Gasteiger partial charge < -0.3 is 24.8 Å². The first-order valence-electron chi connectivity index (χ1n) is 7.53. The number of aromatic hydroxyl groups is 2. The quantitative estimate of drug-likeness (QED) is 0.717. The molecule has 2 heterocycles. The predicted octanol–water partition coefficient (Wildman–Crippen LogP) is 1.50. The molecule has 120 valence electrons. The van der Waals surface area contributed by atoms with Crippen LogP contribution in [0, 0.1) is 0 Å². The van der Waals surface area contributed by atoms with E-state index in [9.17, 15) is 20.1 Å². The van der Waals surface area contributed by atoms with E-state index in [4.69, 9.17) is 9.47 Å². The Morgan fingerprint density at radius 3 is 2.73 bits per heavy atom. The van der Waals surface area contributed by atoms with Crippen LogP contribution in [0.3, 0.4) is 0 Å². The normalized spacial score (nSPS) is 31.5. The number of aliphatic hydroxyl groups is 1. The van der Waals surface area contributed by atoms with Gasteiger partial charge in [-0.3, -0.25) is 0 Å². The van der Waals surface area contributed by atoms with Gasteiger partial charge in [0.05, 0.1) is 18.3 Å². The second kappa shape index (κ2) is 5.78. The van der Waals surface area contributed by atoms with Gasteiger partial charge >= 0.3 is 5.97 Å². The molecule has 1 fully saturated rings. The van der Waals surface area contributed by atoms with Crippen LogP contribution in [0.2, 0.25) is 0 Å². The van der Waals surface area contributed by atoms with Crippen LogP contribution in [-0.2, 0) is 15.9 Å². The topological polar surface area (TPSA) is 96.2 Å². The molecule has 1 unspecified atom stereocenters. The molecular weight excluding hydrogens is 288 g/mol. The SMILES string of the molecule is C[C@@H]1O[C@H](C[C@H]2Cc3cc(O)cc(O)c3C(=O)O2)CCC1O. The number of rotatable bonds is 2. The van der Waals surface area contributed by atoms with Gasteiger partial charge in [-0.25, -0.2) is 4.79 Å². The highest BCUT2D eigenvalue weighted by Crippen LogP contribution is 2.34. The van der Waals surface area contributed by atoms with Gasteiger partial charge in [-0.05, 0) is 31.4 Å². The zero-order chi connectivity index (χ0) is 15.9. The smallest absolute Gasteiger partial charge is 0.342 e. The van der Waals surface area contributed by atoms with E-state index in [-0.39, 0.29) is 35.4 Å². The lowest BCUT2D eigenvalue weighted by atomic mass is 9.92. The fraction of sp³-hybridized carbons (Fsp3) is 0.562. The maximum atomic E-state index is 12.0. The maximum absolute atomic E-state index is 12.0. The number of ether oxygens (including phenoxy) is 2. The van der Waals surface area contributed by atoms with Crippen molar-refractivity contribution in [3.05, 3.63) is 23.3 Å². The van der Waals surface area contributed by atoms with Crippen molar-refractivity contribution in [1.82, 2.24) is 0 Å². The highest BCUT2D eigenvalue weighted by atomic mass is 16.6. The van der Waals surface area contributed by atoms with Crippen molar-refractivity contribution in [2.75, 3.05) is 0 Å². The lowest BCUT2D eigenvalue weighted by molar-refractivity contribution is -0.120. The molecule has 0 radical (unpaired) electrons. The molecule has 4 atom stereocenters. The Balaban J connectivity index is 1.71. The van der Waals surface area contributed by atoms with Gasteiger partial charge in [-0.1, -0.05) is 0 Å². The molecule has 0 saturated carbocycles. The lowest BCUT2D eigenvalue weighted by Gasteiger charge is -2.34. The summed E-state index contributed by atoms with van der Waals surface area (Å²) in [5, 5.41) is 29.0. The van der Waals surface area contributed by atoms with E-state index in [2.05, 4.69) is 0 Å². The van der Waals surface area contributed by atoms with Crippen molar-refractivity contribution in [1.29, 1.82) is 0 Å². The Labute approximate surface area is 128 Å². The monoisotopic (exact) mass is 308 g/mol. The van der Waals surface area contributed by atoms with Crippen LogP contribution in [0.25, 0.3) is 0 Å². The van der Waals surface area contributed by atoms with Crippen LogP contribution in [0.1, 0.15) is 42.1 Å². The molecule has 0 aliphatic carbocycles. The number of phenolic OH excluding ortho intramolecular Hbond substituents is 2. The summed E-state index contributed by atoms with van der Waals surface area (Å²) in [5.41, 5.74) is 0.713. The molecule has 0 bridgehead atoms. The van der Waals surface area contributed by atoms with Crippen molar-refractivity contribution in [3.63, 3.8) is 0 Å². The number of esters is 1. The van der Waals surface area contributed by atoms with Crippen LogP contribution in [0.15, 0.2) is 12.1 Å². The number of carbonyl (C=O) groups is 1. The van der Waals surface area contributed by atoms with E-state index < -0.39 is 12.1 Å². The molecule has 3 rings (SSSR count). The first kappa shape index (κ1) is 15.1. The standard InChI is InChI=1S/C16H20O6/c1-8-13(18)3-2-11(21-8)7-12-5-9-4-10(17)6-14(19)15(9)16(20)22-12/h4,6,8,11-13,17-19H,2-3,5,7H2,1H3/t8-,11-,12+,13?/m0/s1. The number of cyclic esters (lactones) is 1. The fourth-order valence-electron chi connectivity index (χ4n) is 3.21. The summed E-state index contributed by atoms with van der Waals surface area (Å²) in [6.07, 6.45) is 1.27. The van der Waals surface area contributed by atoms with Crippen LogP contribution >= 0.6 is 0 Å². The van der Waals surface area contributed by atoms with Crippen LogP contribution in [-0.4, -0.2) is 45.7 Å².